The Bertz CT molecular complexity index is 1400. The summed E-state index contributed by atoms with van der Waals surface area (Å²) in [5, 5.41) is 4.46. The maximum absolute atomic E-state index is 12.3. The Hall–Kier alpha value is -4.01. The van der Waals surface area contributed by atoms with Crippen LogP contribution in [0.2, 0.25) is 0 Å². The third-order valence-corrected chi connectivity index (χ3v) is 5.44. The molecular formula is C21H17N5O4. The van der Waals surface area contributed by atoms with Crippen molar-refractivity contribution < 1.29 is 9.53 Å². The molecule has 3 aromatic heterocycles. The second-order valence-electron chi connectivity index (χ2n) is 7.19. The molecule has 0 amide bonds. The number of H-pyrrole nitrogens is 2. The number of nitrogens with one attached hydrogen (secondary N) is 2. The number of aromatic amines is 2. The molecule has 150 valence electrons. The zero-order valence-corrected chi connectivity index (χ0v) is 16.0. The minimum atomic E-state index is -0.575. The van der Waals surface area contributed by atoms with Crippen molar-refractivity contribution in [3.8, 4) is 11.3 Å². The van der Waals surface area contributed by atoms with Crippen molar-refractivity contribution in [1.82, 2.24) is 24.6 Å². The number of hydrogen-bond donors (Lipinski definition) is 2. The van der Waals surface area contributed by atoms with E-state index >= 15 is 0 Å². The molecule has 0 aliphatic heterocycles. The Labute approximate surface area is 169 Å². The SMILES string of the molecule is COC(=O)c1ccccc1[C@H]1C[C@@H]1c1cc(-c2c[nH]c(=O)[nH]c2=O)nn2ccnc12. The van der Waals surface area contributed by atoms with Gasteiger partial charge in [-0.2, -0.15) is 5.10 Å². The highest BCUT2D eigenvalue weighted by Gasteiger charge is 2.43. The van der Waals surface area contributed by atoms with Crippen LogP contribution in [0, 0.1) is 0 Å². The number of carbonyl (C=O) groups excluding carboxylic acids is 1. The second-order valence-corrected chi connectivity index (χ2v) is 7.19. The lowest BCUT2D eigenvalue weighted by atomic mass is 9.99. The van der Waals surface area contributed by atoms with Crippen LogP contribution in [0.3, 0.4) is 0 Å². The molecule has 0 radical (unpaired) electrons. The number of methoxy groups -OCH3 is 1. The summed E-state index contributed by atoms with van der Waals surface area (Å²) < 4.78 is 6.54. The molecule has 2 atom stereocenters. The average molecular weight is 403 g/mol. The fraction of sp³-hybridized carbons (Fsp3) is 0.190. The number of aromatic nitrogens is 5. The van der Waals surface area contributed by atoms with Crippen molar-refractivity contribution >= 4 is 11.6 Å². The minimum absolute atomic E-state index is 0.115. The van der Waals surface area contributed by atoms with Crippen LogP contribution in [0.1, 0.15) is 39.7 Å². The summed E-state index contributed by atoms with van der Waals surface area (Å²) in [6.45, 7) is 0. The van der Waals surface area contributed by atoms with Crippen LogP contribution in [0.15, 0.2) is 58.5 Å². The van der Waals surface area contributed by atoms with Crippen LogP contribution in [-0.2, 0) is 4.74 Å². The predicted octanol–water partition coefficient (Wildman–Crippen LogP) is 1.83. The van der Waals surface area contributed by atoms with E-state index in [4.69, 9.17) is 4.74 Å². The first-order valence-corrected chi connectivity index (χ1v) is 9.40. The minimum Gasteiger partial charge on any atom is -0.465 e. The van der Waals surface area contributed by atoms with Crippen molar-refractivity contribution in [2.24, 2.45) is 0 Å². The first-order chi connectivity index (χ1) is 14.6. The molecule has 2 N–H and O–H groups in total. The van der Waals surface area contributed by atoms with Crippen LogP contribution in [-0.4, -0.2) is 37.6 Å². The topological polar surface area (TPSA) is 122 Å². The van der Waals surface area contributed by atoms with Crippen LogP contribution in [0.25, 0.3) is 16.9 Å². The molecule has 0 saturated heterocycles. The molecule has 1 aliphatic carbocycles. The summed E-state index contributed by atoms with van der Waals surface area (Å²) in [6, 6.07) is 9.25. The predicted molar refractivity (Wildman–Crippen MR) is 108 cm³/mol. The van der Waals surface area contributed by atoms with Gasteiger partial charge in [-0.05, 0) is 36.0 Å². The molecule has 0 bridgehead atoms. The molecular weight excluding hydrogens is 386 g/mol. The number of carbonyl (C=O) groups is 1. The Morgan fingerprint density at radius 3 is 2.80 bits per heavy atom. The summed E-state index contributed by atoms with van der Waals surface area (Å²) in [5.74, 6) is -0.119. The Kier molecular flexibility index (Phi) is 4.09. The number of ether oxygens (including phenoxy) is 1. The third kappa shape index (κ3) is 2.91. The van der Waals surface area contributed by atoms with Gasteiger partial charge in [0.2, 0.25) is 0 Å². The summed E-state index contributed by atoms with van der Waals surface area (Å²) in [7, 11) is 1.37. The van der Waals surface area contributed by atoms with E-state index in [1.165, 1.54) is 13.3 Å². The van der Waals surface area contributed by atoms with Crippen molar-refractivity contribution in [1.29, 1.82) is 0 Å². The Balaban J connectivity index is 1.60. The number of imidazole rings is 1. The maximum atomic E-state index is 12.3. The van der Waals surface area contributed by atoms with E-state index in [1.54, 1.807) is 23.0 Å². The number of esters is 1. The van der Waals surface area contributed by atoms with Gasteiger partial charge in [0.25, 0.3) is 5.56 Å². The maximum Gasteiger partial charge on any atom is 0.338 e. The molecule has 9 heteroatoms. The first kappa shape index (κ1) is 18.0. The summed E-state index contributed by atoms with van der Waals surface area (Å²) in [4.78, 5) is 44.9. The van der Waals surface area contributed by atoms with E-state index < -0.39 is 11.2 Å². The van der Waals surface area contributed by atoms with Crippen molar-refractivity contribution in [3.63, 3.8) is 0 Å². The molecule has 3 heterocycles. The molecule has 0 spiro atoms. The lowest BCUT2D eigenvalue weighted by Gasteiger charge is -2.09. The third-order valence-electron chi connectivity index (χ3n) is 5.44. The molecule has 0 unspecified atom stereocenters. The Morgan fingerprint density at radius 1 is 1.20 bits per heavy atom. The van der Waals surface area contributed by atoms with E-state index in [0.717, 1.165) is 17.5 Å². The zero-order chi connectivity index (χ0) is 20.8. The largest absolute Gasteiger partial charge is 0.465 e. The molecule has 5 rings (SSSR count). The molecule has 4 aromatic rings. The van der Waals surface area contributed by atoms with Crippen LogP contribution in [0.4, 0.5) is 0 Å². The Morgan fingerprint density at radius 2 is 2.00 bits per heavy atom. The van der Waals surface area contributed by atoms with Gasteiger partial charge in [0.1, 0.15) is 0 Å². The highest BCUT2D eigenvalue weighted by Crippen LogP contribution is 2.56. The van der Waals surface area contributed by atoms with Gasteiger partial charge in [0.05, 0.1) is 23.9 Å². The zero-order valence-electron chi connectivity index (χ0n) is 16.0. The van der Waals surface area contributed by atoms with Gasteiger partial charge >= 0.3 is 11.7 Å². The van der Waals surface area contributed by atoms with E-state index in [0.29, 0.717) is 16.9 Å². The van der Waals surface area contributed by atoms with Gasteiger partial charge in [-0.15, -0.1) is 0 Å². The number of rotatable bonds is 4. The van der Waals surface area contributed by atoms with E-state index in [1.807, 2.05) is 24.3 Å². The van der Waals surface area contributed by atoms with E-state index in [-0.39, 0.29) is 23.4 Å². The number of benzene rings is 1. The fourth-order valence-corrected chi connectivity index (χ4v) is 3.94. The van der Waals surface area contributed by atoms with Gasteiger partial charge in [-0.1, -0.05) is 18.2 Å². The molecule has 9 nitrogen and oxygen atoms in total. The van der Waals surface area contributed by atoms with Gasteiger partial charge in [-0.25, -0.2) is 19.1 Å². The van der Waals surface area contributed by atoms with Crippen molar-refractivity contribution in [2.75, 3.05) is 7.11 Å². The molecule has 30 heavy (non-hydrogen) atoms. The van der Waals surface area contributed by atoms with Crippen LogP contribution < -0.4 is 11.2 Å². The fourth-order valence-electron chi connectivity index (χ4n) is 3.94. The van der Waals surface area contributed by atoms with Gasteiger partial charge < -0.3 is 9.72 Å². The van der Waals surface area contributed by atoms with E-state index in [9.17, 15) is 14.4 Å². The lowest BCUT2D eigenvalue weighted by Crippen LogP contribution is -2.23. The number of hydrogen-bond acceptors (Lipinski definition) is 6. The van der Waals surface area contributed by atoms with Gasteiger partial charge in [-0.3, -0.25) is 9.78 Å². The standard InChI is InChI=1S/C21H17N5O4/c1-30-20(28)12-5-3-2-4-11(12)13-8-14(13)15-9-17(25-26-7-6-22-18(15)26)16-10-23-21(29)24-19(16)27/h2-7,9-10,13-14H,8H2,1H3,(H2,23,24,27,29)/t13-,14+/m1/s1. The quantitative estimate of drug-likeness (QED) is 0.501. The lowest BCUT2D eigenvalue weighted by molar-refractivity contribution is 0.0599. The number of nitrogens with zero attached hydrogens (tertiary/aromatic N) is 3. The van der Waals surface area contributed by atoms with E-state index in [2.05, 4.69) is 20.1 Å². The normalized spacial score (nSPS) is 17.8. The van der Waals surface area contributed by atoms with Gasteiger partial charge in [0.15, 0.2) is 5.65 Å². The second kappa shape index (κ2) is 6.80. The monoisotopic (exact) mass is 403 g/mol. The van der Waals surface area contributed by atoms with Crippen LogP contribution in [0.5, 0.6) is 0 Å². The highest BCUT2D eigenvalue weighted by atomic mass is 16.5. The summed E-state index contributed by atoms with van der Waals surface area (Å²) >= 11 is 0. The first-order valence-electron chi connectivity index (χ1n) is 9.40. The number of fused-ring (bicyclic) bond motifs is 1. The van der Waals surface area contributed by atoms with Crippen molar-refractivity contribution in [3.05, 3.63) is 86.5 Å². The highest BCUT2D eigenvalue weighted by molar-refractivity contribution is 5.91. The molecule has 1 saturated carbocycles. The smallest absolute Gasteiger partial charge is 0.338 e. The summed E-state index contributed by atoms with van der Waals surface area (Å²) in [6.07, 6.45) is 5.55. The van der Waals surface area contributed by atoms with Gasteiger partial charge in [0, 0.05) is 24.2 Å². The summed E-state index contributed by atoms with van der Waals surface area (Å²) in [5.41, 5.74) is 2.72. The molecule has 1 aliphatic rings. The van der Waals surface area contributed by atoms with Crippen molar-refractivity contribution in [2.45, 2.75) is 18.3 Å². The molecule has 1 aromatic carbocycles. The average Bonchev–Trinajstić information content (AvgIpc) is 3.40. The van der Waals surface area contributed by atoms with Crippen LogP contribution >= 0.6 is 0 Å². The molecule has 1 fully saturated rings.